The lowest BCUT2D eigenvalue weighted by Gasteiger charge is -2.13. The number of para-hydroxylation sites is 1. The Kier molecular flexibility index (Phi) is 4.43. The Hall–Kier alpha value is -3.34. The van der Waals surface area contributed by atoms with Gasteiger partial charge in [-0.2, -0.15) is 0 Å². The van der Waals surface area contributed by atoms with Gasteiger partial charge in [0.1, 0.15) is 5.75 Å². The molecular weight excluding hydrogens is 306 g/mol. The molecule has 3 aromatic carbocycles. The lowest BCUT2D eigenvalue weighted by molar-refractivity contribution is -0.254. The van der Waals surface area contributed by atoms with Crippen molar-refractivity contribution in [3.63, 3.8) is 0 Å². The molecule has 24 heavy (non-hydrogen) atoms. The second kappa shape index (κ2) is 6.83. The number of amides is 1. The van der Waals surface area contributed by atoms with E-state index in [-0.39, 0.29) is 17.9 Å². The third-order valence-corrected chi connectivity index (χ3v) is 3.53. The van der Waals surface area contributed by atoms with Crippen LogP contribution in [0.5, 0.6) is 5.75 Å². The molecule has 0 spiro atoms. The van der Waals surface area contributed by atoms with E-state index in [4.69, 9.17) is 4.74 Å². The summed E-state index contributed by atoms with van der Waals surface area (Å²) >= 11 is 0. The Morgan fingerprint density at radius 3 is 2.46 bits per heavy atom. The van der Waals surface area contributed by atoms with Crippen LogP contribution in [0.2, 0.25) is 0 Å². The van der Waals surface area contributed by atoms with Crippen LogP contribution < -0.4 is 15.2 Å². The highest BCUT2D eigenvalue weighted by Gasteiger charge is 2.09. The second-order valence-corrected chi connectivity index (χ2v) is 5.15. The van der Waals surface area contributed by atoms with E-state index >= 15 is 0 Å². The molecule has 120 valence electrons. The van der Waals surface area contributed by atoms with Gasteiger partial charge in [0, 0.05) is 16.6 Å². The number of anilines is 1. The fourth-order valence-electron chi connectivity index (χ4n) is 2.42. The minimum absolute atomic E-state index is 0.0731. The lowest BCUT2D eigenvalue weighted by atomic mass is 10.1. The molecule has 5 heteroatoms. The number of carboxylic acid groups (broad SMARTS) is 1. The highest BCUT2D eigenvalue weighted by molar-refractivity contribution is 6.00. The van der Waals surface area contributed by atoms with Crippen molar-refractivity contribution < 1.29 is 19.4 Å². The molecule has 0 radical (unpaired) electrons. The van der Waals surface area contributed by atoms with Gasteiger partial charge >= 0.3 is 0 Å². The van der Waals surface area contributed by atoms with E-state index in [0.29, 0.717) is 5.75 Å². The Balaban J connectivity index is 1.71. The fraction of sp³-hybridized carbons (Fsp3) is 0.0526. The maximum Gasteiger partial charge on any atom is 0.262 e. The predicted octanol–water partition coefficient (Wildman–Crippen LogP) is 2.22. The average molecular weight is 320 g/mol. The van der Waals surface area contributed by atoms with Crippen LogP contribution in [0.15, 0.2) is 66.7 Å². The maximum atomic E-state index is 12.0. The number of carbonyl (C=O) groups is 2. The Labute approximate surface area is 138 Å². The maximum absolute atomic E-state index is 12.0. The molecule has 0 aliphatic rings. The Morgan fingerprint density at radius 1 is 0.917 bits per heavy atom. The number of fused-ring (bicyclic) bond motifs is 1. The predicted molar refractivity (Wildman–Crippen MR) is 88.8 cm³/mol. The summed E-state index contributed by atoms with van der Waals surface area (Å²) in [6.45, 7) is -0.227. The number of nitrogens with one attached hydrogen (secondary N) is 1. The topological polar surface area (TPSA) is 78.5 Å². The van der Waals surface area contributed by atoms with Crippen LogP contribution in [0.25, 0.3) is 10.8 Å². The molecule has 0 aliphatic carbocycles. The lowest BCUT2D eigenvalue weighted by Crippen LogP contribution is -2.26. The van der Waals surface area contributed by atoms with Crippen molar-refractivity contribution in [2.45, 2.75) is 0 Å². The van der Waals surface area contributed by atoms with Crippen molar-refractivity contribution in [2.24, 2.45) is 0 Å². The van der Waals surface area contributed by atoms with Gasteiger partial charge in [-0.25, -0.2) is 0 Å². The van der Waals surface area contributed by atoms with Gasteiger partial charge in [0.25, 0.3) is 5.91 Å². The van der Waals surface area contributed by atoms with Crippen LogP contribution >= 0.6 is 0 Å². The van der Waals surface area contributed by atoms with Gasteiger partial charge in [-0.3, -0.25) is 4.79 Å². The third kappa shape index (κ3) is 3.35. The normalized spacial score (nSPS) is 10.3. The monoisotopic (exact) mass is 320 g/mol. The van der Waals surface area contributed by atoms with Gasteiger partial charge in [0.05, 0.1) is 5.97 Å². The van der Waals surface area contributed by atoms with E-state index in [1.807, 2.05) is 36.4 Å². The number of ether oxygens (including phenoxy) is 1. The first-order valence-electron chi connectivity index (χ1n) is 7.36. The highest BCUT2D eigenvalue weighted by atomic mass is 16.5. The van der Waals surface area contributed by atoms with Crippen molar-refractivity contribution >= 4 is 28.3 Å². The van der Waals surface area contributed by atoms with Gasteiger partial charge in [-0.15, -0.1) is 0 Å². The minimum Gasteiger partial charge on any atom is -0.545 e. The molecule has 0 aromatic heterocycles. The number of hydrogen-bond acceptors (Lipinski definition) is 4. The standard InChI is InChI=1S/C19H15NO4/c21-18(20-16-10-4-3-9-15(16)19(22)23)12-24-17-11-5-7-13-6-1-2-8-14(13)17/h1-11H,12H2,(H,20,21)(H,22,23)/p-1. The van der Waals surface area contributed by atoms with Crippen molar-refractivity contribution in [2.75, 3.05) is 11.9 Å². The van der Waals surface area contributed by atoms with Crippen molar-refractivity contribution in [3.8, 4) is 5.75 Å². The quantitative estimate of drug-likeness (QED) is 0.782. The van der Waals surface area contributed by atoms with Crippen LogP contribution in [-0.2, 0) is 4.79 Å². The smallest absolute Gasteiger partial charge is 0.262 e. The van der Waals surface area contributed by atoms with Crippen molar-refractivity contribution in [3.05, 3.63) is 72.3 Å². The summed E-state index contributed by atoms with van der Waals surface area (Å²) in [7, 11) is 0. The summed E-state index contributed by atoms with van der Waals surface area (Å²) in [5.41, 5.74) is 0.111. The molecule has 0 saturated heterocycles. The SMILES string of the molecule is O=C(COc1cccc2ccccc12)Nc1ccccc1C(=O)[O-]. The number of rotatable bonds is 5. The molecular formula is C19H14NO4-. The van der Waals surface area contributed by atoms with E-state index in [2.05, 4.69) is 5.32 Å². The molecule has 3 aromatic rings. The first-order chi connectivity index (χ1) is 11.6. The third-order valence-electron chi connectivity index (χ3n) is 3.53. The first-order valence-corrected chi connectivity index (χ1v) is 7.36. The molecule has 0 unspecified atom stereocenters. The molecule has 0 saturated carbocycles. The molecule has 0 bridgehead atoms. The zero-order chi connectivity index (χ0) is 16.9. The highest BCUT2D eigenvalue weighted by Crippen LogP contribution is 2.25. The van der Waals surface area contributed by atoms with Gasteiger partial charge < -0.3 is 20.0 Å². The van der Waals surface area contributed by atoms with Crippen LogP contribution in [-0.4, -0.2) is 18.5 Å². The summed E-state index contributed by atoms with van der Waals surface area (Å²) in [6.07, 6.45) is 0. The first kappa shape index (κ1) is 15.6. The number of aromatic carboxylic acids is 1. The summed E-state index contributed by atoms with van der Waals surface area (Å²) < 4.78 is 5.58. The molecule has 1 amide bonds. The van der Waals surface area contributed by atoms with Gasteiger partial charge in [-0.1, -0.05) is 54.6 Å². The number of carboxylic acids is 1. The molecule has 0 heterocycles. The van der Waals surface area contributed by atoms with E-state index < -0.39 is 11.9 Å². The molecule has 5 nitrogen and oxygen atoms in total. The van der Waals surface area contributed by atoms with Gasteiger partial charge in [-0.05, 0) is 17.5 Å². The number of carbonyl (C=O) groups excluding carboxylic acids is 2. The van der Waals surface area contributed by atoms with Crippen LogP contribution in [0.3, 0.4) is 0 Å². The van der Waals surface area contributed by atoms with Gasteiger partial charge in [0.2, 0.25) is 0 Å². The Morgan fingerprint density at radius 2 is 1.62 bits per heavy atom. The number of hydrogen-bond donors (Lipinski definition) is 1. The molecule has 0 fully saturated rings. The van der Waals surface area contributed by atoms with Crippen LogP contribution in [0.1, 0.15) is 10.4 Å². The van der Waals surface area contributed by atoms with Crippen molar-refractivity contribution in [1.82, 2.24) is 0 Å². The Bertz CT molecular complexity index is 899. The summed E-state index contributed by atoms with van der Waals surface area (Å²) in [5.74, 6) is -1.20. The zero-order valence-electron chi connectivity index (χ0n) is 12.7. The van der Waals surface area contributed by atoms with E-state index in [9.17, 15) is 14.7 Å². The number of benzene rings is 3. The van der Waals surface area contributed by atoms with Crippen LogP contribution in [0, 0.1) is 0 Å². The zero-order valence-corrected chi connectivity index (χ0v) is 12.7. The summed E-state index contributed by atoms with van der Waals surface area (Å²) in [6, 6.07) is 19.3. The molecule has 0 aliphatic heterocycles. The van der Waals surface area contributed by atoms with E-state index in [1.54, 1.807) is 18.2 Å². The second-order valence-electron chi connectivity index (χ2n) is 5.15. The van der Waals surface area contributed by atoms with E-state index in [0.717, 1.165) is 10.8 Å². The van der Waals surface area contributed by atoms with Crippen molar-refractivity contribution in [1.29, 1.82) is 0 Å². The molecule has 3 rings (SSSR count). The summed E-state index contributed by atoms with van der Waals surface area (Å²) in [4.78, 5) is 23.1. The molecule has 1 N–H and O–H groups in total. The van der Waals surface area contributed by atoms with Crippen LogP contribution in [0.4, 0.5) is 5.69 Å². The fourth-order valence-corrected chi connectivity index (χ4v) is 2.42. The average Bonchev–Trinajstić information content (AvgIpc) is 2.60. The largest absolute Gasteiger partial charge is 0.545 e. The minimum atomic E-state index is -1.35. The van der Waals surface area contributed by atoms with E-state index in [1.165, 1.54) is 12.1 Å². The summed E-state index contributed by atoms with van der Waals surface area (Å²) in [5, 5.41) is 15.5. The van der Waals surface area contributed by atoms with Gasteiger partial charge in [0.15, 0.2) is 6.61 Å². The molecule has 0 atom stereocenters.